The molecule has 0 spiro atoms. The standard InChI is InChI=1S/C23H25F3N4O5S/c1-21(2,3)35-20(31)30-13-4-5-14(30)11-29(10-13)19-28-16-9-12(22(32,33)23(24,25)26)8-15(17(16)34-19)18-27-6-7-36-18/h6-9,13-14,32-33H,4-5,10-11H2,1-3H3. The SMILES string of the molecule is CC(C)(C)OC(=O)N1C2CCC1CN(c1nc3cc(C(O)(O)C(F)(F)F)cc(-c4nccs4)c3o1)C2. The first-order valence-electron chi connectivity index (χ1n) is 11.4. The maximum Gasteiger partial charge on any atom is 0.447 e. The van der Waals surface area contributed by atoms with Gasteiger partial charge in [0.2, 0.25) is 0 Å². The molecule has 2 N–H and O–H groups in total. The molecule has 2 bridgehead atoms. The number of aromatic nitrogens is 2. The summed E-state index contributed by atoms with van der Waals surface area (Å²) in [6.07, 6.45) is -2.67. The number of benzene rings is 1. The van der Waals surface area contributed by atoms with E-state index < -0.39 is 23.1 Å². The van der Waals surface area contributed by atoms with Gasteiger partial charge in [-0.2, -0.15) is 18.2 Å². The molecule has 1 aromatic carbocycles. The third-order valence-electron chi connectivity index (χ3n) is 6.30. The number of halogens is 3. The summed E-state index contributed by atoms with van der Waals surface area (Å²) in [5.41, 5.74) is -1.02. The number of aliphatic hydroxyl groups is 2. The molecule has 2 unspecified atom stereocenters. The molecule has 36 heavy (non-hydrogen) atoms. The van der Waals surface area contributed by atoms with E-state index in [2.05, 4.69) is 9.97 Å². The molecule has 3 aromatic rings. The van der Waals surface area contributed by atoms with Gasteiger partial charge in [0.25, 0.3) is 11.8 Å². The van der Waals surface area contributed by atoms with Crippen LogP contribution in [-0.4, -0.2) is 68.1 Å². The van der Waals surface area contributed by atoms with Crippen molar-refractivity contribution in [2.45, 2.75) is 63.3 Å². The van der Waals surface area contributed by atoms with Gasteiger partial charge in [0.1, 0.15) is 16.1 Å². The number of hydrogen-bond donors (Lipinski definition) is 2. The van der Waals surface area contributed by atoms with Gasteiger partial charge in [-0.25, -0.2) is 9.78 Å². The minimum absolute atomic E-state index is 0.0337. The summed E-state index contributed by atoms with van der Waals surface area (Å²) in [6, 6.07) is 1.88. The molecular weight excluding hydrogens is 501 g/mol. The summed E-state index contributed by atoms with van der Waals surface area (Å²) in [6.45, 7) is 6.24. The zero-order chi connectivity index (χ0) is 26.0. The van der Waals surface area contributed by atoms with Gasteiger partial charge in [-0.15, -0.1) is 11.3 Å². The average Bonchev–Trinajstić information content (AvgIpc) is 3.49. The number of oxazole rings is 1. The highest BCUT2D eigenvalue weighted by atomic mass is 32.1. The number of thiazole rings is 1. The molecule has 2 saturated heterocycles. The molecule has 2 atom stereocenters. The predicted octanol–water partition coefficient (Wildman–Crippen LogP) is 4.24. The van der Waals surface area contributed by atoms with Gasteiger partial charge in [-0.05, 0) is 45.7 Å². The maximum atomic E-state index is 13.4. The number of carbonyl (C=O) groups is 1. The summed E-state index contributed by atoms with van der Waals surface area (Å²) in [4.78, 5) is 24.9. The Morgan fingerprint density at radius 2 is 1.83 bits per heavy atom. The predicted molar refractivity (Wildman–Crippen MR) is 124 cm³/mol. The first kappa shape index (κ1) is 24.8. The Morgan fingerprint density at radius 3 is 2.39 bits per heavy atom. The van der Waals surface area contributed by atoms with Gasteiger partial charge in [0.15, 0.2) is 5.58 Å². The number of rotatable bonds is 3. The van der Waals surface area contributed by atoms with E-state index >= 15 is 0 Å². The third kappa shape index (κ3) is 4.28. The molecule has 0 radical (unpaired) electrons. The molecular formula is C23H25F3N4O5S. The van der Waals surface area contributed by atoms with Crippen molar-refractivity contribution in [2.24, 2.45) is 0 Å². The molecule has 4 heterocycles. The first-order valence-corrected chi connectivity index (χ1v) is 12.3. The second-order valence-corrected chi connectivity index (χ2v) is 10.9. The topological polar surface area (TPSA) is 112 Å². The molecule has 2 aliphatic rings. The minimum Gasteiger partial charge on any atom is -0.444 e. The average molecular weight is 527 g/mol. The van der Waals surface area contributed by atoms with Crippen molar-refractivity contribution in [1.29, 1.82) is 0 Å². The van der Waals surface area contributed by atoms with Gasteiger partial charge in [-0.3, -0.25) is 4.90 Å². The van der Waals surface area contributed by atoms with E-state index in [1.807, 2.05) is 25.7 Å². The molecule has 1 amide bonds. The molecule has 2 aromatic heterocycles. The zero-order valence-electron chi connectivity index (χ0n) is 19.7. The van der Waals surface area contributed by atoms with Gasteiger partial charge >= 0.3 is 12.3 Å². The third-order valence-corrected chi connectivity index (χ3v) is 7.10. The molecule has 9 nitrogen and oxygen atoms in total. The number of carbonyl (C=O) groups excluding carboxylic acids is 1. The summed E-state index contributed by atoms with van der Waals surface area (Å²) in [5, 5.41) is 21.8. The van der Waals surface area contributed by atoms with Crippen LogP contribution in [0.1, 0.15) is 39.2 Å². The summed E-state index contributed by atoms with van der Waals surface area (Å²) >= 11 is 1.17. The van der Waals surface area contributed by atoms with E-state index in [9.17, 15) is 28.2 Å². The highest BCUT2D eigenvalue weighted by molar-refractivity contribution is 7.13. The van der Waals surface area contributed by atoms with Crippen molar-refractivity contribution in [1.82, 2.24) is 14.9 Å². The fraction of sp³-hybridized carbons (Fsp3) is 0.522. The van der Waals surface area contributed by atoms with Gasteiger partial charge in [0, 0.05) is 30.2 Å². The van der Waals surface area contributed by atoms with Crippen LogP contribution in [-0.2, 0) is 10.5 Å². The Hall–Kier alpha value is -2.90. The second kappa shape index (κ2) is 8.32. The van der Waals surface area contributed by atoms with Crippen LogP contribution in [0.15, 0.2) is 28.1 Å². The molecule has 194 valence electrons. The Bertz CT molecular complexity index is 1270. The normalized spacial score (nSPS) is 20.9. The van der Waals surface area contributed by atoms with Gasteiger partial charge < -0.3 is 24.3 Å². The van der Waals surface area contributed by atoms with Crippen molar-refractivity contribution >= 4 is 34.5 Å². The van der Waals surface area contributed by atoms with Crippen molar-refractivity contribution in [3.05, 3.63) is 29.3 Å². The summed E-state index contributed by atoms with van der Waals surface area (Å²) < 4.78 is 51.7. The van der Waals surface area contributed by atoms with Crippen molar-refractivity contribution in [3.63, 3.8) is 0 Å². The minimum atomic E-state index is -5.33. The van der Waals surface area contributed by atoms with Crippen molar-refractivity contribution in [2.75, 3.05) is 18.0 Å². The Balaban J connectivity index is 1.50. The van der Waals surface area contributed by atoms with Crippen LogP contribution in [0.5, 0.6) is 0 Å². The fourth-order valence-electron chi connectivity index (χ4n) is 4.71. The van der Waals surface area contributed by atoms with E-state index in [1.54, 1.807) is 10.3 Å². The van der Waals surface area contributed by atoms with Gasteiger partial charge in [0.05, 0.1) is 17.6 Å². The Labute approximate surface area is 208 Å². The van der Waals surface area contributed by atoms with Crippen LogP contribution >= 0.6 is 11.3 Å². The van der Waals surface area contributed by atoms with Crippen LogP contribution in [0.25, 0.3) is 21.7 Å². The van der Waals surface area contributed by atoms with E-state index in [1.165, 1.54) is 17.5 Å². The van der Waals surface area contributed by atoms with Crippen LogP contribution < -0.4 is 4.90 Å². The molecule has 2 aliphatic heterocycles. The van der Waals surface area contributed by atoms with Crippen LogP contribution in [0.4, 0.5) is 24.0 Å². The quantitative estimate of drug-likeness (QED) is 0.488. The van der Waals surface area contributed by atoms with E-state index in [-0.39, 0.29) is 40.9 Å². The number of piperazine rings is 1. The smallest absolute Gasteiger partial charge is 0.444 e. The van der Waals surface area contributed by atoms with Crippen molar-refractivity contribution in [3.8, 4) is 10.6 Å². The summed E-state index contributed by atoms with van der Waals surface area (Å²) in [7, 11) is 0. The maximum absolute atomic E-state index is 13.4. The fourth-order valence-corrected chi connectivity index (χ4v) is 5.36. The highest BCUT2D eigenvalue weighted by Crippen LogP contribution is 2.42. The zero-order valence-corrected chi connectivity index (χ0v) is 20.6. The molecule has 2 fully saturated rings. The number of nitrogens with zero attached hydrogens (tertiary/aromatic N) is 4. The number of anilines is 1. The van der Waals surface area contributed by atoms with E-state index in [0.29, 0.717) is 18.1 Å². The monoisotopic (exact) mass is 526 g/mol. The Morgan fingerprint density at radius 1 is 1.17 bits per heavy atom. The lowest BCUT2D eigenvalue weighted by Gasteiger charge is -2.40. The lowest BCUT2D eigenvalue weighted by molar-refractivity contribution is -0.358. The number of hydrogen-bond acceptors (Lipinski definition) is 9. The lowest BCUT2D eigenvalue weighted by Crippen LogP contribution is -2.56. The molecule has 5 rings (SSSR count). The summed E-state index contributed by atoms with van der Waals surface area (Å²) in [5.74, 6) is -4.08. The van der Waals surface area contributed by atoms with Crippen LogP contribution in [0.3, 0.4) is 0 Å². The van der Waals surface area contributed by atoms with E-state index in [4.69, 9.17) is 9.15 Å². The number of ether oxygens (including phenoxy) is 1. The largest absolute Gasteiger partial charge is 0.447 e. The van der Waals surface area contributed by atoms with Crippen molar-refractivity contribution < 1.29 is 37.3 Å². The molecule has 0 saturated carbocycles. The number of amides is 1. The van der Waals surface area contributed by atoms with Crippen LogP contribution in [0.2, 0.25) is 0 Å². The Kier molecular flexibility index (Phi) is 5.72. The number of fused-ring (bicyclic) bond motifs is 3. The molecule has 13 heteroatoms. The van der Waals surface area contributed by atoms with Gasteiger partial charge in [-0.1, -0.05) is 0 Å². The first-order chi connectivity index (χ1) is 16.7. The highest BCUT2D eigenvalue weighted by Gasteiger charge is 2.55. The molecule has 0 aliphatic carbocycles. The second-order valence-electron chi connectivity index (χ2n) is 10.1. The number of alkyl halides is 3. The van der Waals surface area contributed by atoms with Crippen LogP contribution in [0, 0.1) is 0 Å². The lowest BCUT2D eigenvalue weighted by atomic mass is 10.0. The van der Waals surface area contributed by atoms with E-state index in [0.717, 1.165) is 25.0 Å².